The molecule has 0 aliphatic carbocycles. The summed E-state index contributed by atoms with van der Waals surface area (Å²) in [7, 11) is 2.04. The first-order valence-corrected chi connectivity index (χ1v) is 7.97. The van der Waals surface area contributed by atoms with Crippen LogP contribution in [0.4, 0.5) is 17.6 Å². The quantitative estimate of drug-likeness (QED) is 0.834. The molecule has 1 aromatic carbocycles. The van der Waals surface area contributed by atoms with Gasteiger partial charge in [-0.15, -0.1) is 0 Å². The van der Waals surface area contributed by atoms with Crippen LogP contribution in [-0.2, 0) is 12.6 Å². The number of fused-ring (bicyclic) bond motifs is 2. The van der Waals surface area contributed by atoms with Gasteiger partial charge in [-0.25, -0.2) is 4.39 Å². The van der Waals surface area contributed by atoms with Crippen LogP contribution in [0.2, 0.25) is 0 Å². The third-order valence-corrected chi connectivity index (χ3v) is 5.28. The van der Waals surface area contributed by atoms with E-state index < -0.39 is 23.2 Å². The summed E-state index contributed by atoms with van der Waals surface area (Å²) in [4.78, 5) is 2.27. The van der Waals surface area contributed by atoms with Gasteiger partial charge < -0.3 is 10.0 Å². The van der Waals surface area contributed by atoms with E-state index >= 15 is 0 Å². The van der Waals surface area contributed by atoms with Crippen LogP contribution in [-0.4, -0.2) is 34.7 Å². The highest BCUT2D eigenvalue weighted by Crippen LogP contribution is 2.40. The highest BCUT2D eigenvalue weighted by atomic mass is 19.4. The largest absolute Gasteiger partial charge is 0.416 e. The van der Waals surface area contributed by atoms with Gasteiger partial charge in [0.15, 0.2) is 0 Å². The van der Waals surface area contributed by atoms with Gasteiger partial charge in [0.25, 0.3) is 0 Å². The zero-order valence-corrected chi connectivity index (χ0v) is 13.0. The lowest BCUT2D eigenvalue weighted by Gasteiger charge is -2.50. The van der Waals surface area contributed by atoms with E-state index in [4.69, 9.17) is 0 Å². The lowest BCUT2D eigenvalue weighted by molar-refractivity contribution is -0.138. The molecule has 6 heteroatoms. The third-order valence-electron chi connectivity index (χ3n) is 5.28. The Morgan fingerprint density at radius 3 is 2.35 bits per heavy atom. The van der Waals surface area contributed by atoms with Crippen LogP contribution >= 0.6 is 0 Å². The number of nitrogens with zero attached hydrogens (tertiary/aromatic N) is 1. The van der Waals surface area contributed by atoms with Crippen molar-refractivity contribution in [3.63, 3.8) is 0 Å². The van der Waals surface area contributed by atoms with Gasteiger partial charge in [0.05, 0.1) is 11.2 Å². The molecule has 128 valence electrons. The molecule has 2 saturated heterocycles. The SMILES string of the molecule is CN1C2CCCC1CC(O)(Cc1cc(F)cc(C(F)(F)F)c1)C2. The minimum atomic E-state index is -4.58. The van der Waals surface area contributed by atoms with E-state index in [-0.39, 0.29) is 24.1 Å². The van der Waals surface area contributed by atoms with E-state index in [1.165, 1.54) is 0 Å². The van der Waals surface area contributed by atoms with Crippen molar-refractivity contribution in [1.82, 2.24) is 4.90 Å². The van der Waals surface area contributed by atoms with Crippen molar-refractivity contribution < 1.29 is 22.7 Å². The predicted octanol–water partition coefficient (Wildman–Crippen LogP) is 3.76. The minimum Gasteiger partial charge on any atom is -0.389 e. The molecule has 2 atom stereocenters. The van der Waals surface area contributed by atoms with Gasteiger partial charge in [0, 0.05) is 18.5 Å². The van der Waals surface area contributed by atoms with Crippen molar-refractivity contribution >= 4 is 0 Å². The Labute approximate surface area is 133 Å². The Morgan fingerprint density at radius 1 is 1.17 bits per heavy atom. The van der Waals surface area contributed by atoms with Gasteiger partial charge in [-0.05, 0) is 56.5 Å². The Balaban J connectivity index is 1.83. The molecule has 2 fully saturated rings. The fourth-order valence-corrected chi connectivity index (χ4v) is 4.19. The van der Waals surface area contributed by atoms with Gasteiger partial charge >= 0.3 is 6.18 Å². The second kappa shape index (κ2) is 5.74. The maximum Gasteiger partial charge on any atom is 0.416 e. The van der Waals surface area contributed by atoms with Crippen molar-refractivity contribution in [1.29, 1.82) is 0 Å². The van der Waals surface area contributed by atoms with Crippen LogP contribution in [0.3, 0.4) is 0 Å². The van der Waals surface area contributed by atoms with Crippen molar-refractivity contribution in [2.45, 2.75) is 62.4 Å². The molecule has 2 heterocycles. The lowest BCUT2D eigenvalue weighted by Crippen LogP contribution is -2.57. The lowest BCUT2D eigenvalue weighted by atomic mass is 9.73. The van der Waals surface area contributed by atoms with E-state index in [9.17, 15) is 22.7 Å². The molecule has 0 radical (unpaired) electrons. The zero-order valence-electron chi connectivity index (χ0n) is 13.0. The molecule has 0 saturated carbocycles. The van der Waals surface area contributed by atoms with E-state index in [1.807, 2.05) is 7.05 Å². The second-order valence-electron chi connectivity index (χ2n) is 7.06. The normalized spacial score (nSPS) is 32.1. The molecular formula is C17H21F4NO. The molecule has 0 aromatic heterocycles. The van der Waals surface area contributed by atoms with E-state index in [2.05, 4.69) is 4.90 Å². The predicted molar refractivity (Wildman–Crippen MR) is 78.5 cm³/mol. The van der Waals surface area contributed by atoms with Gasteiger partial charge in [0.2, 0.25) is 0 Å². The second-order valence-corrected chi connectivity index (χ2v) is 7.06. The Bertz CT molecular complexity index is 572. The maximum absolute atomic E-state index is 13.5. The third kappa shape index (κ3) is 3.53. The van der Waals surface area contributed by atoms with Gasteiger partial charge in [-0.3, -0.25) is 0 Å². The first-order chi connectivity index (χ1) is 10.7. The topological polar surface area (TPSA) is 23.5 Å². The summed E-state index contributed by atoms with van der Waals surface area (Å²) in [5.74, 6) is -0.911. The summed E-state index contributed by atoms with van der Waals surface area (Å²) in [6.07, 6.45) is -0.361. The molecule has 2 aliphatic heterocycles. The van der Waals surface area contributed by atoms with E-state index in [0.29, 0.717) is 18.9 Å². The fraction of sp³-hybridized carbons (Fsp3) is 0.647. The molecule has 2 bridgehead atoms. The Morgan fingerprint density at radius 2 is 1.78 bits per heavy atom. The number of hydrogen-bond acceptors (Lipinski definition) is 2. The van der Waals surface area contributed by atoms with Crippen molar-refractivity contribution in [2.24, 2.45) is 0 Å². The summed E-state index contributed by atoms with van der Waals surface area (Å²) in [6, 6.07) is 3.05. The smallest absolute Gasteiger partial charge is 0.389 e. The number of halogens is 4. The summed E-state index contributed by atoms with van der Waals surface area (Å²) in [5, 5.41) is 10.9. The summed E-state index contributed by atoms with van der Waals surface area (Å²) in [6.45, 7) is 0. The molecule has 2 aliphatic rings. The number of aliphatic hydroxyl groups is 1. The number of benzene rings is 1. The van der Waals surface area contributed by atoms with Crippen LogP contribution < -0.4 is 0 Å². The van der Waals surface area contributed by atoms with E-state index in [1.54, 1.807) is 0 Å². The molecule has 3 rings (SSSR count). The van der Waals surface area contributed by atoms with Crippen LogP contribution in [0.5, 0.6) is 0 Å². The number of hydrogen-bond donors (Lipinski definition) is 1. The van der Waals surface area contributed by atoms with Crippen molar-refractivity contribution in [2.75, 3.05) is 7.05 Å². The highest BCUT2D eigenvalue weighted by Gasteiger charge is 2.44. The molecular weight excluding hydrogens is 310 g/mol. The Kier molecular flexibility index (Phi) is 4.17. The van der Waals surface area contributed by atoms with Crippen molar-refractivity contribution in [3.05, 3.63) is 35.1 Å². The molecule has 1 N–H and O–H groups in total. The summed E-state index contributed by atoms with van der Waals surface area (Å²) < 4.78 is 52.0. The number of alkyl halides is 3. The highest BCUT2D eigenvalue weighted by molar-refractivity contribution is 5.28. The van der Waals surface area contributed by atoms with Crippen LogP contribution in [0, 0.1) is 5.82 Å². The number of piperidine rings is 2. The first kappa shape index (κ1) is 16.7. The standard InChI is InChI=1S/C17H21F4NO/c1-22-14-3-2-4-15(22)10-16(23,9-14)8-11-5-12(17(19,20)21)7-13(18)6-11/h5-7,14-15,23H,2-4,8-10H2,1H3. The molecule has 2 nitrogen and oxygen atoms in total. The van der Waals surface area contributed by atoms with Gasteiger partial charge in [0.1, 0.15) is 5.82 Å². The summed E-state index contributed by atoms with van der Waals surface area (Å²) >= 11 is 0. The van der Waals surface area contributed by atoms with Gasteiger partial charge in [-0.2, -0.15) is 13.2 Å². The average Bonchev–Trinajstić information content (AvgIpc) is 2.39. The minimum absolute atomic E-state index is 0.0642. The van der Waals surface area contributed by atoms with Crippen LogP contribution in [0.1, 0.15) is 43.2 Å². The average molecular weight is 331 g/mol. The molecule has 2 unspecified atom stereocenters. The van der Waals surface area contributed by atoms with Crippen LogP contribution in [0.25, 0.3) is 0 Å². The van der Waals surface area contributed by atoms with Crippen LogP contribution in [0.15, 0.2) is 18.2 Å². The zero-order chi connectivity index (χ0) is 16.8. The van der Waals surface area contributed by atoms with E-state index in [0.717, 1.165) is 31.4 Å². The van der Waals surface area contributed by atoms with Crippen molar-refractivity contribution in [3.8, 4) is 0 Å². The molecule has 0 spiro atoms. The first-order valence-electron chi connectivity index (χ1n) is 7.97. The molecule has 0 amide bonds. The summed E-state index contributed by atoms with van der Waals surface area (Å²) in [5.41, 5.74) is -1.84. The maximum atomic E-state index is 13.5. The Hall–Kier alpha value is -1.14. The van der Waals surface area contributed by atoms with Gasteiger partial charge in [-0.1, -0.05) is 6.42 Å². The molecule has 1 aromatic rings. The fourth-order valence-electron chi connectivity index (χ4n) is 4.19. The monoisotopic (exact) mass is 331 g/mol. The molecule has 23 heavy (non-hydrogen) atoms. The number of rotatable bonds is 2.